The first-order valence-electron chi connectivity index (χ1n) is 6.32. The van der Waals surface area contributed by atoms with Crippen molar-refractivity contribution in [1.29, 1.82) is 0 Å². The zero-order chi connectivity index (χ0) is 13.2. The summed E-state index contributed by atoms with van der Waals surface area (Å²) in [4.78, 5) is 11.4. The number of carbonyl (C=O) groups excluding carboxylic acids is 1. The molecule has 4 heteroatoms. The molecule has 0 aromatic heterocycles. The van der Waals surface area contributed by atoms with Crippen LogP contribution in [0.5, 0.6) is 0 Å². The molecule has 0 atom stereocenters. The Balaban J connectivity index is 2.20. The average molecular weight is 266 g/mol. The van der Waals surface area contributed by atoms with Gasteiger partial charge in [0.25, 0.3) is 0 Å². The number of rotatable bonds is 4. The number of hydrogen-bond donors (Lipinski definition) is 0. The average Bonchev–Trinajstić information content (AvgIpc) is 2.83. The molecular weight excluding hydrogens is 248 g/mol. The number of ketones is 1. The third-order valence-corrected chi connectivity index (χ3v) is 5.72. The lowest BCUT2D eigenvalue weighted by molar-refractivity contribution is -0.116. The van der Waals surface area contributed by atoms with E-state index in [-0.39, 0.29) is 11.0 Å². The Morgan fingerprint density at radius 3 is 2.22 bits per heavy atom. The van der Waals surface area contributed by atoms with Gasteiger partial charge in [0.2, 0.25) is 0 Å². The molecule has 0 bridgehead atoms. The minimum Gasteiger partial charge on any atom is -0.300 e. The van der Waals surface area contributed by atoms with Gasteiger partial charge in [-0.2, -0.15) is 0 Å². The maximum Gasteiger partial charge on any atom is 0.181 e. The molecule has 1 aromatic rings. The Morgan fingerprint density at radius 1 is 1.17 bits per heavy atom. The quantitative estimate of drug-likeness (QED) is 0.841. The first-order valence-corrected chi connectivity index (χ1v) is 7.87. The van der Waals surface area contributed by atoms with E-state index in [2.05, 4.69) is 0 Å². The van der Waals surface area contributed by atoms with Crippen LogP contribution in [0.3, 0.4) is 0 Å². The van der Waals surface area contributed by atoms with Gasteiger partial charge in [-0.15, -0.1) is 0 Å². The number of hydrogen-bond acceptors (Lipinski definition) is 3. The van der Waals surface area contributed by atoms with Crippen LogP contribution < -0.4 is 0 Å². The molecule has 1 aromatic carbocycles. The van der Waals surface area contributed by atoms with Gasteiger partial charge in [-0.1, -0.05) is 25.0 Å². The molecule has 0 saturated heterocycles. The third kappa shape index (κ3) is 2.80. The molecule has 0 radical (unpaired) electrons. The molecule has 98 valence electrons. The maximum absolute atomic E-state index is 12.3. The van der Waals surface area contributed by atoms with Crippen molar-refractivity contribution in [2.45, 2.75) is 49.2 Å². The third-order valence-electron chi connectivity index (χ3n) is 3.45. The highest BCUT2D eigenvalue weighted by atomic mass is 32.2. The van der Waals surface area contributed by atoms with Crippen molar-refractivity contribution in [2.24, 2.45) is 0 Å². The van der Waals surface area contributed by atoms with Crippen molar-refractivity contribution >= 4 is 15.6 Å². The first-order chi connectivity index (χ1) is 8.50. The van der Waals surface area contributed by atoms with Crippen LogP contribution in [0.2, 0.25) is 0 Å². The second-order valence-electron chi connectivity index (χ2n) is 4.97. The summed E-state index contributed by atoms with van der Waals surface area (Å²) in [7, 11) is -3.17. The van der Waals surface area contributed by atoms with Crippen LogP contribution in [-0.2, 0) is 21.1 Å². The van der Waals surface area contributed by atoms with E-state index >= 15 is 0 Å². The fourth-order valence-corrected chi connectivity index (χ4v) is 4.33. The van der Waals surface area contributed by atoms with E-state index in [9.17, 15) is 13.2 Å². The molecule has 3 nitrogen and oxygen atoms in total. The number of carbonyl (C=O) groups is 1. The molecule has 0 aliphatic heterocycles. The summed E-state index contributed by atoms with van der Waals surface area (Å²) in [6, 6.07) is 6.74. The SMILES string of the molecule is CC(=O)Cc1ccc(S(=O)(=O)C2CCCC2)cc1. The van der Waals surface area contributed by atoms with Crippen LogP contribution in [0.4, 0.5) is 0 Å². The highest BCUT2D eigenvalue weighted by molar-refractivity contribution is 7.92. The van der Waals surface area contributed by atoms with Crippen LogP contribution in [0, 0.1) is 0 Å². The molecule has 0 N–H and O–H groups in total. The topological polar surface area (TPSA) is 51.2 Å². The van der Waals surface area contributed by atoms with Crippen LogP contribution in [-0.4, -0.2) is 19.5 Å². The van der Waals surface area contributed by atoms with Gasteiger partial charge in [0, 0.05) is 6.42 Å². The number of benzene rings is 1. The summed E-state index contributed by atoms with van der Waals surface area (Å²) >= 11 is 0. The number of sulfone groups is 1. The first kappa shape index (κ1) is 13.3. The molecule has 1 aliphatic rings. The molecular formula is C14H18O3S. The molecule has 0 heterocycles. The smallest absolute Gasteiger partial charge is 0.181 e. The van der Waals surface area contributed by atoms with E-state index in [0.717, 1.165) is 31.2 Å². The fraction of sp³-hybridized carbons (Fsp3) is 0.500. The lowest BCUT2D eigenvalue weighted by Crippen LogP contribution is -2.17. The monoisotopic (exact) mass is 266 g/mol. The standard InChI is InChI=1S/C14H18O3S/c1-11(15)10-12-6-8-14(9-7-12)18(16,17)13-4-2-3-5-13/h6-9,13H,2-5,10H2,1H3. The van der Waals surface area contributed by atoms with Gasteiger partial charge in [-0.3, -0.25) is 4.79 Å². The number of Topliss-reactive ketones (excluding diaryl/α,β-unsaturated/α-hetero) is 1. The zero-order valence-electron chi connectivity index (χ0n) is 10.6. The summed E-state index contributed by atoms with van der Waals surface area (Å²) in [6.45, 7) is 1.53. The second kappa shape index (κ2) is 5.22. The molecule has 1 aliphatic carbocycles. The van der Waals surface area contributed by atoms with Crippen molar-refractivity contribution in [3.63, 3.8) is 0 Å². The van der Waals surface area contributed by atoms with Crippen LogP contribution in [0.25, 0.3) is 0 Å². The van der Waals surface area contributed by atoms with Gasteiger partial charge in [-0.05, 0) is 37.5 Å². The fourth-order valence-electron chi connectivity index (χ4n) is 2.48. The Morgan fingerprint density at radius 2 is 1.72 bits per heavy atom. The Bertz CT molecular complexity index is 523. The molecule has 1 saturated carbocycles. The zero-order valence-corrected chi connectivity index (χ0v) is 11.4. The van der Waals surface area contributed by atoms with Crippen LogP contribution in [0.1, 0.15) is 38.2 Å². The lowest BCUT2D eigenvalue weighted by atomic mass is 10.1. The largest absolute Gasteiger partial charge is 0.300 e. The molecule has 0 spiro atoms. The molecule has 18 heavy (non-hydrogen) atoms. The van der Waals surface area contributed by atoms with Gasteiger partial charge < -0.3 is 0 Å². The van der Waals surface area contributed by atoms with E-state index in [1.807, 2.05) is 0 Å². The van der Waals surface area contributed by atoms with Gasteiger partial charge in [0.1, 0.15) is 5.78 Å². The normalized spacial score (nSPS) is 16.9. The minimum atomic E-state index is -3.17. The highest BCUT2D eigenvalue weighted by Crippen LogP contribution is 2.29. The summed E-state index contributed by atoms with van der Waals surface area (Å²) in [6.07, 6.45) is 3.93. The van der Waals surface area contributed by atoms with Gasteiger partial charge in [0.15, 0.2) is 9.84 Å². The highest BCUT2D eigenvalue weighted by Gasteiger charge is 2.29. The molecule has 1 fully saturated rings. The molecule has 0 amide bonds. The van der Waals surface area contributed by atoms with Gasteiger partial charge in [0.05, 0.1) is 10.1 Å². The van der Waals surface area contributed by atoms with Crippen LogP contribution in [0.15, 0.2) is 29.2 Å². The second-order valence-corrected chi connectivity index (χ2v) is 7.20. The van der Waals surface area contributed by atoms with Crippen molar-refractivity contribution in [3.8, 4) is 0 Å². The van der Waals surface area contributed by atoms with E-state index in [1.54, 1.807) is 24.3 Å². The predicted molar refractivity (Wildman–Crippen MR) is 70.3 cm³/mol. The van der Waals surface area contributed by atoms with Crippen LogP contribution >= 0.6 is 0 Å². The summed E-state index contributed by atoms with van der Waals surface area (Å²) in [5.74, 6) is 0.0846. The van der Waals surface area contributed by atoms with Crippen molar-refractivity contribution in [2.75, 3.05) is 0 Å². The summed E-state index contributed by atoms with van der Waals surface area (Å²) in [5.41, 5.74) is 0.868. The van der Waals surface area contributed by atoms with E-state index in [4.69, 9.17) is 0 Å². The van der Waals surface area contributed by atoms with E-state index in [1.165, 1.54) is 6.92 Å². The van der Waals surface area contributed by atoms with Gasteiger partial charge in [-0.25, -0.2) is 8.42 Å². The minimum absolute atomic E-state index is 0.0846. The maximum atomic E-state index is 12.3. The molecule has 0 unspecified atom stereocenters. The predicted octanol–water partition coefficient (Wildman–Crippen LogP) is 2.53. The van der Waals surface area contributed by atoms with Gasteiger partial charge >= 0.3 is 0 Å². The Hall–Kier alpha value is -1.16. The Kier molecular flexibility index (Phi) is 3.85. The van der Waals surface area contributed by atoms with Crippen molar-refractivity contribution < 1.29 is 13.2 Å². The van der Waals surface area contributed by atoms with Crippen molar-refractivity contribution in [3.05, 3.63) is 29.8 Å². The van der Waals surface area contributed by atoms with Crippen molar-refractivity contribution in [1.82, 2.24) is 0 Å². The van der Waals surface area contributed by atoms with E-state index in [0.29, 0.717) is 11.3 Å². The lowest BCUT2D eigenvalue weighted by Gasteiger charge is -2.11. The summed E-state index contributed by atoms with van der Waals surface area (Å²) in [5, 5.41) is -0.212. The Labute approximate surface area is 108 Å². The summed E-state index contributed by atoms with van der Waals surface area (Å²) < 4.78 is 24.6. The molecule has 2 rings (SSSR count). The van der Waals surface area contributed by atoms with E-state index < -0.39 is 9.84 Å².